The summed E-state index contributed by atoms with van der Waals surface area (Å²) < 4.78 is 0. The molecule has 4 bridgehead atoms. The number of benzene rings is 2. The Hall–Kier alpha value is -2.06. The number of H-pyrrole nitrogens is 1. The highest BCUT2D eigenvalue weighted by atomic mass is 14.7. The van der Waals surface area contributed by atoms with Crippen molar-refractivity contribution in [1.29, 1.82) is 0 Å². The van der Waals surface area contributed by atoms with E-state index in [1.54, 1.807) is 5.56 Å². The van der Waals surface area contributed by atoms with Crippen molar-refractivity contribution >= 4 is 10.9 Å². The van der Waals surface area contributed by atoms with Gasteiger partial charge >= 0.3 is 0 Å². The maximum atomic E-state index is 5.82. The fourth-order valence-corrected chi connectivity index (χ4v) is 7.60. The summed E-state index contributed by atoms with van der Waals surface area (Å²) in [7, 11) is 0. The molecule has 0 saturated heterocycles. The Morgan fingerprint density at radius 3 is 2.23 bits per heavy atom. The zero-order chi connectivity index (χ0) is 20.1. The van der Waals surface area contributed by atoms with Gasteiger partial charge in [0.2, 0.25) is 0 Å². The number of hydrogen-bond acceptors (Lipinski definition) is 1. The van der Waals surface area contributed by atoms with Gasteiger partial charge in [-0.3, -0.25) is 0 Å². The molecule has 4 fully saturated rings. The highest BCUT2D eigenvalue weighted by Gasteiger charge is 2.51. The minimum atomic E-state index is 0.460. The van der Waals surface area contributed by atoms with Crippen molar-refractivity contribution in [3.63, 3.8) is 0 Å². The molecule has 2 nitrogen and oxygen atoms in total. The Bertz CT molecular complexity index is 1010. The third-order valence-electron chi connectivity index (χ3n) is 8.50. The average molecular weight is 399 g/mol. The molecule has 156 valence electrons. The van der Waals surface area contributed by atoms with Crippen molar-refractivity contribution in [2.75, 3.05) is 6.54 Å². The number of nitrogens with two attached hydrogens (primary N) is 1. The van der Waals surface area contributed by atoms with Gasteiger partial charge in [-0.25, -0.2) is 0 Å². The monoisotopic (exact) mass is 398 g/mol. The molecule has 0 atom stereocenters. The topological polar surface area (TPSA) is 41.8 Å². The van der Waals surface area contributed by atoms with Gasteiger partial charge in [-0.05, 0) is 116 Å². The van der Waals surface area contributed by atoms with E-state index in [1.807, 2.05) is 0 Å². The maximum Gasteiger partial charge on any atom is 0.0497 e. The third kappa shape index (κ3) is 3.03. The molecule has 0 unspecified atom stereocenters. The van der Waals surface area contributed by atoms with Crippen LogP contribution in [0.5, 0.6) is 0 Å². The number of nitrogens with one attached hydrogen (secondary N) is 1. The lowest BCUT2D eigenvalue weighted by molar-refractivity contribution is -0.00513. The van der Waals surface area contributed by atoms with Gasteiger partial charge in [-0.15, -0.1) is 0 Å². The van der Waals surface area contributed by atoms with E-state index in [4.69, 9.17) is 5.73 Å². The fraction of sp³-hybridized carbons (Fsp3) is 0.500. The first-order chi connectivity index (χ1) is 14.7. The van der Waals surface area contributed by atoms with Crippen LogP contribution in [0.2, 0.25) is 0 Å². The van der Waals surface area contributed by atoms with Crippen LogP contribution in [-0.4, -0.2) is 11.5 Å². The minimum Gasteiger partial charge on any atom is -0.354 e. The van der Waals surface area contributed by atoms with Crippen molar-refractivity contribution in [2.45, 2.75) is 63.2 Å². The lowest BCUT2D eigenvalue weighted by Crippen LogP contribution is -2.48. The molecule has 7 rings (SSSR count). The van der Waals surface area contributed by atoms with E-state index in [2.05, 4.69) is 53.5 Å². The highest BCUT2D eigenvalue weighted by Crippen LogP contribution is 2.61. The summed E-state index contributed by atoms with van der Waals surface area (Å²) in [5.41, 5.74) is 13.3. The van der Waals surface area contributed by atoms with E-state index in [-0.39, 0.29) is 0 Å². The SMILES string of the molecule is NCCCCc1c(-c2ccccc2)[nH]c2ccc(C34CC5CC(CC(C5)C3)C4)cc12. The third-order valence-corrected chi connectivity index (χ3v) is 8.50. The summed E-state index contributed by atoms with van der Waals surface area (Å²) in [4.78, 5) is 3.78. The van der Waals surface area contributed by atoms with Gasteiger partial charge in [0.05, 0.1) is 0 Å². The number of rotatable bonds is 6. The standard InChI is InChI=1S/C28H34N2/c29-11-5-4-8-24-25-15-23(28-16-19-12-20(17-28)14-21(13-19)18-28)9-10-26(25)30-27(24)22-6-2-1-3-7-22/h1-3,6-7,9-10,15,19-21,30H,4-5,8,11-14,16-18,29H2. The highest BCUT2D eigenvalue weighted by molar-refractivity contribution is 5.91. The van der Waals surface area contributed by atoms with Crippen LogP contribution < -0.4 is 5.73 Å². The molecule has 0 radical (unpaired) electrons. The lowest BCUT2D eigenvalue weighted by atomic mass is 9.48. The van der Waals surface area contributed by atoms with Crippen LogP contribution in [0.3, 0.4) is 0 Å². The van der Waals surface area contributed by atoms with Crippen molar-refractivity contribution in [3.8, 4) is 11.3 Å². The quantitative estimate of drug-likeness (QED) is 0.452. The summed E-state index contributed by atoms with van der Waals surface area (Å²) in [6, 6.07) is 18.3. The second kappa shape index (κ2) is 7.27. The molecule has 2 aromatic carbocycles. The van der Waals surface area contributed by atoms with Crippen molar-refractivity contribution in [3.05, 3.63) is 59.7 Å². The zero-order valence-corrected chi connectivity index (χ0v) is 18.0. The van der Waals surface area contributed by atoms with Crippen LogP contribution in [-0.2, 0) is 11.8 Å². The number of aromatic nitrogens is 1. The number of aryl methyl sites for hydroxylation is 1. The van der Waals surface area contributed by atoms with E-state index < -0.39 is 0 Å². The molecule has 4 aliphatic carbocycles. The van der Waals surface area contributed by atoms with Crippen LogP contribution in [0.4, 0.5) is 0 Å². The largest absolute Gasteiger partial charge is 0.354 e. The normalized spacial score (nSPS) is 29.7. The molecule has 2 heteroatoms. The van der Waals surface area contributed by atoms with Crippen LogP contribution in [0.25, 0.3) is 22.2 Å². The fourth-order valence-electron chi connectivity index (χ4n) is 7.60. The number of unbranched alkanes of at least 4 members (excludes halogenated alkanes) is 1. The molecule has 30 heavy (non-hydrogen) atoms. The van der Waals surface area contributed by atoms with E-state index in [0.29, 0.717) is 5.41 Å². The van der Waals surface area contributed by atoms with E-state index in [9.17, 15) is 0 Å². The summed E-state index contributed by atoms with van der Waals surface area (Å²) in [6.07, 6.45) is 12.2. The van der Waals surface area contributed by atoms with E-state index in [0.717, 1.165) is 43.6 Å². The minimum absolute atomic E-state index is 0.460. The van der Waals surface area contributed by atoms with Gasteiger partial charge in [0, 0.05) is 16.6 Å². The van der Waals surface area contributed by atoms with Gasteiger partial charge in [0.15, 0.2) is 0 Å². The van der Waals surface area contributed by atoms with Crippen molar-refractivity contribution in [1.82, 2.24) is 4.98 Å². The molecular weight excluding hydrogens is 364 g/mol. The van der Waals surface area contributed by atoms with Crippen LogP contribution in [0.15, 0.2) is 48.5 Å². The Kier molecular flexibility index (Phi) is 4.53. The zero-order valence-electron chi connectivity index (χ0n) is 18.0. The predicted octanol–water partition coefficient (Wildman–Crippen LogP) is 6.58. The van der Waals surface area contributed by atoms with Gasteiger partial charge in [0.25, 0.3) is 0 Å². The number of fused-ring (bicyclic) bond motifs is 1. The molecule has 1 heterocycles. The van der Waals surface area contributed by atoms with Crippen molar-refractivity contribution < 1.29 is 0 Å². The Balaban J connectivity index is 1.45. The number of aromatic amines is 1. The van der Waals surface area contributed by atoms with E-state index >= 15 is 0 Å². The Labute approximate surface area is 180 Å². The molecular formula is C28H34N2. The molecule has 1 aromatic heterocycles. The molecule has 0 amide bonds. The Morgan fingerprint density at radius 1 is 0.867 bits per heavy atom. The maximum absolute atomic E-state index is 5.82. The molecule has 0 spiro atoms. The van der Waals surface area contributed by atoms with Crippen LogP contribution in [0.1, 0.15) is 62.5 Å². The van der Waals surface area contributed by atoms with Crippen LogP contribution in [0, 0.1) is 17.8 Å². The van der Waals surface area contributed by atoms with Crippen molar-refractivity contribution in [2.24, 2.45) is 23.5 Å². The summed E-state index contributed by atoms with van der Waals surface area (Å²) in [5.74, 6) is 2.96. The van der Waals surface area contributed by atoms with Gasteiger partial charge in [-0.1, -0.05) is 36.4 Å². The predicted molar refractivity (Wildman–Crippen MR) is 126 cm³/mol. The average Bonchev–Trinajstić information content (AvgIpc) is 3.12. The molecule has 4 aliphatic rings. The smallest absolute Gasteiger partial charge is 0.0497 e. The molecule has 4 saturated carbocycles. The summed E-state index contributed by atoms with van der Waals surface area (Å²) in [6.45, 7) is 0.779. The van der Waals surface area contributed by atoms with Crippen LogP contribution >= 0.6 is 0 Å². The first kappa shape index (κ1) is 18.7. The second-order valence-corrected chi connectivity index (χ2v) is 10.5. The summed E-state index contributed by atoms with van der Waals surface area (Å²) >= 11 is 0. The molecule has 0 aliphatic heterocycles. The van der Waals surface area contributed by atoms with Gasteiger partial charge < -0.3 is 10.7 Å². The van der Waals surface area contributed by atoms with Gasteiger partial charge in [-0.2, -0.15) is 0 Å². The first-order valence-corrected chi connectivity index (χ1v) is 12.1. The molecule has 3 N–H and O–H groups in total. The second-order valence-electron chi connectivity index (χ2n) is 10.5. The van der Waals surface area contributed by atoms with Gasteiger partial charge in [0.1, 0.15) is 0 Å². The molecule has 3 aromatic rings. The Morgan fingerprint density at radius 2 is 1.57 bits per heavy atom. The summed E-state index contributed by atoms with van der Waals surface area (Å²) in [5, 5.41) is 1.46. The first-order valence-electron chi connectivity index (χ1n) is 12.1. The van der Waals surface area contributed by atoms with E-state index in [1.165, 1.54) is 66.2 Å². The lowest BCUT2D eigenvalue weighted by Gasteiger charge is -2.57. The number of hydrogen-bond donors (Lipinski definition) is 2.